The van der Waals surface area contributed by atoms with Gasteiger partial charge in [-0.15, -0.1) is 0 Å². The number of hydrogen-bond donors (Lipinski definition) is 0. The van der Waals surface area contributed by atoms with E-state index < -0.39 is 0 Å². The third-order valence-electron chi connectivity index (χ3n) is 3.56. The molecule has 2 aliphatic rings. The first kappa shape index (κ1) is 11.3. The van der Waals surface area contributed by atoms with Gasteiger partial charge in [-0.05, 0) is 18.2 Å². The minimum atomic E-state index is -0.366. The van der Waals surface area contributed by atoms with Crippen molar-refractivity contribution in [1.82, 2.24) is 0 Å². The maximum Gasteiger partial charge on any atom is 0.339 e. The Labute approximate surface area is 115 Å². The highest BCUT2D eigenvalue weighted by Crippen LogP contribution is 2.39. The molecule has 0 aliphatic carbocycles. The first-order valence-electron chi connectivity index (χ1n) is 6.52. The molecule has 4 rings (SSSR count). The molecule has 20 heavy (non-hydrogen) atoms. The van der Waals surface area contributed by atoms with Crippen LogP contribution in [-0.2, 0) is 4.74 Å². The van der Waals surface area contributed by atoms with Gasteiger partial charge in [-0.2, -0.15) is 0 Å². The molecule has 0 aromatic heterocycles. The van der Waals surface area contributed by atoms with Gasteiger partial charge in [-0.25, -0.2) is 4.79 Å². The van der Waals surface area contributed by atoms with Gasteiger partial charge in [0.2, 0.25) is 0 Å². The van der Waals surface area contributed by atoms with Crippen molar-refractivity contribution in [3.63, 3.8) is 0 Å². The largest absolute Gasteiger partial charge is 0.486 e. The van der Waals surface area contributed by atoms with Crippen LogP contribution in [0.3, 0.4) is 0 Å². The van der Waals surface area contributed by atoms with Gasteiger partial charge in [-0.3, -0.25) is 0 Å². The number of fused-ring (bicyclic) bond motifs is 2. The van der Waals surface area contributed by atoms with Crippen LogP contribution in [0.15, 0.2) is 42.5 Å². The van der Waals surface area contributed by atoms with E-state index in [2.05, 4.69) is 0 Å². The molecule has 100 valence electrons. The fourth-order valence-electron chi connectivity index (χ4n) is 2.62. The summed E-state index contributed by atoms with van der Waals surface area (Å²) in [6.45, 7) is 1.10. The zero-order valence-corrected chi connectivity index (χ0v) is 10.7. The van der Waals surface area contributed by atoms with Crippen LogP contribution in [0.25, 0.3) is 0 Å². The van der Waals surface area contributed by atoms with E-state index >= 15 is 0 Å². The molecule has 2 heterocycles. The van der Waals surface area contributed by atoms with Crippen molar-refractivity contribution in [3.05, 3.63) is 59.2 Å². The number of esters is 1. The van der Waals surface area contributed by atoms with Crippen LogP contribution in [0.5, 0.6) is 11.5 Å². The molecule has 2 aromatic rings. The number of cyclic esters (lactones) is 1. The van der Waals surface area contributed by atoms with Gasteiger partial charge < -0.3 is 14.2 Å². The summed E-state index contributed by atoms with van der Waals surface area (Å²) in [6.07, 6.45) is -0.366. The number of carbonyl (C=O) groups is 1. The monoisotopic (exact) mass is 268 g/mol. The van der Waals surface area contributed by atoms with Crippen LogP contribution in [0, 0.1) is 0 Å². The van der Waals surface area contributed by atoms with Crippen molar-refractivity contribution in [3.8, 4) is 11.5 Å². The van der Waals surface area contributed by atoms with Gasteiger partial charge >= 0.3 is 5.97 Å². The molecular weight excluding hydrogens is 256 g/mol. The molecule has 0 radical (unpaired) electrons. The normalized spacial score (nSPS) is 19.4. The summed E-state index contributed by atoms with van der Waals surface area (Å²) in [6, 6.07) is 13.1. The molecule has 0 unspecified atom stereocenters. The molecule has 4 nitrogen and oxygen atoms in total. The van der Waals surface area contributed by atoms with Gasteiger partial charge in [-0.1, -0.05) is 24.3 Å². The zero-order chi connectivity index (χ0) is 13.5. The first-order valence-corrected chi connectivity index (χ1v) is 6.52. The fraction of sp³-hybridized carbons (Fsp3) is 0.188. The molecule has 0 bridgehead atoms. The number of benzene rings is 2. The Bertz CT molecular complexity index is 693. The average molecular weight is 268 g/mol. The number of hydrogen-bond acceptors (Lipinski definition) is 4. The van der Waals surface area contributed by atoms with Crippen molar-refractivity contribution >= 4 is 5.97 Å². The highest BCUT2D eigenvalue weighted by atomic mass is 16.6. The lowest BCUT2D eigenvalue weighted by Gasteiger charge is -2.20. The summed E-state index contributed by atoms with van der Waals surface area (Å²) in [7, 11) is 0. The summed E-state index contributed by atoms with van der Waals surface area (Å²) in [5.41, 5.74) is 2.43. The third kappa shape index (κ3) is 1.65. The SMILES string of the molecule is O=C1O[C@@H](c2ccc3c(c2)OCCO3)c2ccccc21. The van der Waals surface area contributed by atoms with Crippen LogP contribution in [-0.4, -0.2) is 19.2 Å². The van der Waals surface area contributed by atoms with E-state index in [0.717, 1.165) is 16.9 Å². The molecule has 2 aromatic carbocycles. The van der Waals surface area contributed by atoms with Gasteiger partial charge in [0.1, 0.15) is 13.2 Å². The van der Waals surface area contributed by atoms with E-state index in [0.29, 0.717) is 24.5 Å². The quantitative estimate of drug-likeness (QED) is 0.746. The summed E-state index contributed by atoms with van der Waals surface area (Å²) in [4.78, 5) is 11.9. The second-order valence-corrected chi connectivity index (χ2v) is 4.78. The number of ether oxygens (including phenoxy) is 3. The second kappa shape index (κ2) is 4.27. The molecule has 0 spiro atoms. The smallest absolute Gasteiger partial charge is 0.339 e. The molecule has 2 aliphatic heterocycles. The number of rotatable bonds is 1. The lowest BCUT2D eigenvalue weighted by Crippen LogP contribution is -2.15. The molecule has 0 N–H and O–H groups in total. The third-order valence-corrected chi connectivity index (χ3v) is 3.56. The minimum Gasteiger partial charge on any atom is -0.486 e. The Morgan fingerprint density at radius 3 is 2.65 bits per heavy atom. The molecule has 0 fully saturated rings. The Hall–Kier alpha value is -2.49. The van der Waals surface area contributed by atoms with Crippen molar-refractivity contribution in [2.75, 3.05) is 13.2 Å². The van der Waals surface area contributed by atoms with Crippen LogP contribution in [0.4, 0.5) is 0 Å². The summed E-state index contributed by atoms with van der Waals surface area (Å²) in [5, 5.41) is 0. The van der Waals surface area contributed by atoms with Crippen LogP contribution < -0.4 is 9.47 Å². The Kier molecular flexibility index (Phi) is 2.42. The topological polar surface area (TPSA) is 44.8 Å². The van der Waals surface area contributed by atoms with Crippen LogP contribution >= 0.6 is 0 Å². The van der Waals surface area contributed by atoms with Crippen molar-refractivity contribution in [2.45, 2.75) is 6.10 Å². The van der Waals surface area contributed by atoms with Crippen molar-refractivity contribution < 1.29 is 19.0 Å². The zero-order valence-electron chi connectivity index (χ0n) is 10.7. The highest BCUT2D eigenvalue weighted by molar-refractivity contribution is 5.94. The molecule has 1 atom stereocenters. The van der Waals surface area contributed by atoms with E-state index in [1.54, 1.807) is 6.07 Å². The Balaban J connectivity index is 1.77. The lowest BCUT2D eigenvalue weighted by molar-refractivity contribution is 0.0455. The average Bonchev–Trinajstić information content (AvgIpc) is 2.85. The molecule has 0 saturated carbocycles. The van der Waals surface area contributed by atoms with Crippen molar-refractivity contribution in [2.24, 2.45) is 0 Å². The van der Waals surface area contributed by atoms with E-state index in [1.165, 1.54) is 0 Å². The maximum absolute atomic E-state index is 11.9. The van der Waals surface area contributed by atoms with E-state index in [-0.39, 0.29) is 12.1 Å². The molecular formula is C16H12O4. The van der Waals surface area contributed by atoms with Crippen LogP contribution in [0.1, 0.15) is 27.6 Å². The predicted octanol–water partition coefficient (Wildman–Crippen LogP) is 2.72. The lowest BCUT2D eigenvalue weighted by atomic mass is 9.99. The number of carbonyl (C=O) groups excluding carboxylic acids is 1. The summed E-state index contributed by atoms with van der Waals surface area (Å²) >= 11 is 0. The molecule has 0 amide bonds. The second-order valence-electron chi connectivity index (χ2n) is 4.78. The maximum atomic E-state index is 11.9. The summed E-state index contributed by atoms with van der Waals surface area (Å²) in [5.74, 6) is 1.16. The molecule has 4 heteroatoms. The van der Waals surface area contributed by atoms with Gasteiger partial charge in [0.25, 0.3) is 0 Å². The van der Waals surface area contributed by atoms with Gasteiger partial charge in [0.15, 0.2) is 17.6 Å². The predicted molar refractivity (Wildman–Crippen MR) is 71.1 cm³/mol. The highest BCUT2D eigenvalue weighted by Gasteiger charge is 2.32. The van der Waals surface area contributed by atoms with E-state index in [4.69, 9.17) is 14.2 Å². The fourth-order valence-corrected chi connectivity index (χ4v) is 2.62. The van der Waals surface area contributed by atoms with E-state index in [9.17, 15) is 4.79 Å². The van der Waals surface area contributed by atoms with Crippen LogP contribution in [0.2, 0.25) is 0 Å². The van der Waals surface area contributed by atoms with Crippen molar-refractivity contribution in [1.29, 1.82) is 0 Å². The Morgan fingerprint density at radius 1 is 0.950 bits per heavy atom. The standard InChI is InChI=1S/C16H12O4/c17-16-12-4-2-1-3-11(12)15(20-16)10-5-6-13-14(9-10)19-8-7-18-13/h1-6,9,15H,7-8H2/t15-/m0/s1. The summed E-state index contributed by atoms with van der Waals surface area (Å²) < 4.78 is 16.5. The van der Waals surface area contributed by atoms with Gasteiger partial charge in [0.05, 0.1) is 5.56 Å². The van der Waals surface area contributed by atoms with E-state index in [1.807, 2.05) is 36.4 Å². The first-order chi connectivity index (χ1) is 9.83. The Morgan fingerprint density at radius 2 is 1.75 bits per heavy atom. The minimum absolute atomic E-state index is 0.277. The molecule has 0 saturated heterocycles. The van der Waals surface area contributed by atoms with Gasteiger partial charge in [0, 0.05) is 11.1 Å².